The van der Waals surface area contributed by atoms with Gasteiger partial charge in [0.15, 0.2) is 0 Å². The molecule has 15 heavy (non-hydrogen) atoms. The molecule has 78 valence electrons. The molecule has 0 amide bonds. The number of nitrogens with zero attached hydrogens (tertiary/aromatic N) is 2. The van der Waals surface area contributed by atoms with Gasteiger partial charge in [-0.1, -0.05) is 6.92 Å². The van der Waals surface area contributed by atoms with Crippen molar-refractivity contribution in [3.05, 3.63) is 24.0 Å². The summed E-state index contributed by atoms with van der Waals surface area (Å²) in [4.78, 5) is 3.95. The zero-order valence-electron chi connectivity index (χ0n) is 8.90. The van der Waals surface area contributed by atoms with Crippen molar-refractivity contribution in [3.63, 3.8) is 0 Å². The summed E-state index contributed by atoms with van der Waals surface area (Å²) < 4.78 is 0. The van der Waals surface area contributed by atoms with E-state index < -0.39 is 0 Å². The molecule has 1 heterocycles. The molecule has 2 rings (SSSR count). The fourth-order valence-electron chi connectivity index (χ4n) is 2.16. The van der Waals surface area contributed by atoms with Crippen molar-refractivity contribution in [2.75, 3.05) is 5.32 Å². The summed E-state index contributed by atoms with van der Waals surface area (Å²) in [6, 6.07) is 6.34. The van der Waals surface area contributed by atoms with E-state index in [1.807, 2.05) is 18.2 Å². The van der Waals surface area contributed by atoms with Gasteiger partial charge in [-0.15, -0.1) is 0 Å². The Labute approximate surface area is 90.1 Å². The zero-order chi connectivity index (χ0) is 10.7. The van der Waals surface area contributed by atoms with E-state index in [2.05, 4.69) is 17.2 Å². The maximum atomic E-state index is 8.72. The topological polar surface area (TPSA) is 48.7 Å². The minimum atomic E-state index is 0.478. The molecule has 1 aromatic heterocycles. The Bertz CT molecular complexity index is 381. The van der Waals surface area contributed by atoms with Crippen LogP contribution in [0.1, 0.15) is 31.9 Å². The van der Waals surface area contributed by atoms with Gasteiger partial charge in [-0.2, -0.15) is 5.26 Å². The monoisotopic (exact) mass is 201 g/mol. The third kappa shape index (κ3) is 2.47. The van der Waals surface area contributed by atoms with Crippen molar-refractivity contribution < 1.29 is 0 Å². The van der Waals surface area contributed by atoms with Crippen LogP contribution >= 0.6 is 0 Å². The molecule has 2 unspecified atom stereocenters. The average molecular weight is 201 g/mol. The summed E-state index contributed by atoms with van der Waals surface area (Å²) in [7, 11) is 0. The number of anilines is 1. The minimum absolute atomic E-state index is 0.478. The third-order valence-corrected chi connectivity index (χ3v) is 2.94. The molecule has 1 aliphatic carbocycles. The molecule has 1 saturated carbocycles. The van der Waals surface area contributed by atoms with Crippen LogP contribution in [0.15, 0.2) is 18.3 Å². The van der Waals surface area contributed by atoms with Gasteiger partial charge in [0, 0.05) is 17.9 Å². The van der Waals surface area contributed by atoms with Crippen LogP contribution in [0, 0.1) is 17.2 Å². The molecule has 1 N–H and O–H groups in total. The van der Waals surface area contributed by atoms with E-state index in [1.54, 1.807) is 6.20 Å². The Morgan fingerprint density at radius 2 is 2.40 bits per heavy atom. The van der Waals surface area contributed by atoms with Gasteiger partial charge in [-0.05, 0) is 37.3 Å². The summed E-state index contributed by atoms with van der Waals surface area (Å²) >= 11 is 0. The molecule has 3 nitrogen and oxygen atoms in total. The standard InChI is InChI=1S/C12H15N3/c1-9-2-3-10(6-9)15-11-4-5-14-12(7-11)8-13/h4-5,7,9-10H,2-3,6H2,1H3,(H,14,15). The van der Waals surface area contributed by atoms with Crippen LogP contribution in [0.5, 0.6) is 0 Å². The number of rotatable bonds is 2. The molecular weight excluding hydrogens is 186 g/mol. The van der Waals surface area contributed by atoms with Gasteiger partial charge in [0.2, 0.25) is 0 Å². The number of hydrogen-bond acceptors (Lipinski definition) is 3. The lowest BCUT2D eigenvalue weighted by molar-refractivity contribution is 0.602. The summed E-state index contributed by atoms with van der Waals surface area (Å²) in [5, 5.41) is 12.2. The molecule has 1 aliphatic rings. The van der Waals surface area contributed by atoms with Crippen LogP contribution in [0.25, 0.3) is 0 Å². The zero-order valence-corrected chi connectivity index (χ0v) is 8.90. The van der Waals surface area contributed by atoms with Gasteiger partial charge < -0.3 is 5.32 Å². The van der Waals surface area contributed by atoms with Crippen molar-refractivity contribution in [1.82, 2.24) is 4.98 Å². The van der Waals surface area contributed by atoms with Gasteiger partial charge in [0.25, 0.3) is 0 Å². The van der Waals surface area contributed by atoms with Crippen molar-refractivity contribution in [2.45, 2.75) is 32.2 Å². The molecule has 0 bridgehead atoms. The third-order valence-electron chi connectivity index (χ3n) is 2.94. The molecule has 0 saturated heterocycles. The second kappa shape index (κ2) is 4.31. The van der Waals surface area contributed by atoms with Crippen LogP contribution in [0.3, 0.4) is 0 Å². The Morgan fingerprint density at radius 3 is 3.07 bits per heavy atom. The lowest BCUT2D eigenvalue weighted by Gasteiger charge is -2.13. The fraction of sp³-hybridized carbons (Fsp3) is 0.500. The second-order valence-electron chi connectivity index (χ2n) is 4.30. The highest BCUT2D eigenvalue weighted by Crippen LogP contribution is 2.27. The molecule has 3 heteroatoms. The highest BCUT2D eigenvalue weighted by Gasteiger charge is 2.20. The van der Waals surface area contributed by atoms with Crippen LogP contribution in [0.2, 0.25) is 0 Å². The van der Waals surface area contributed by atoms with E-state index in [9.17, 15) is 0 Å². The lowest BCUT2D eigenvalue weighted by atomic mass is 10.1. The molecule has 2 atom stereocenters. The first kappa shape index (κ1) is 9.97. The maximum absolute atomic E-state index is 8.72. The highest BCUT2D eigenvalue weighted by atomic mass is 14.9. The van der Waals surface area contributed by atoms with Crippen LogP contribution < -0.4 is 5.32 Å². The van der Waals surface area contributed by atoms with E-state index in [1.165, 1.54) is 19.3 Å². The quantitative estimate of drug-likeness (QED) is 0.800. The van der Waals surface area contributed by atoms with E-state index >= 15 is 0 Å². The summed E-state index contributed by atoms with van der Waals surface area (Å²) in [5.74, 6) is 0.819. The lowest BCUT2D eigenvalue weighted by Crippen LogP contribution is -2.15. The number of aromatic nitrogens is 1. The van der Waals surface area contributed by atoms with E-state index in [-0.39, 0.29) is 0 Å². The van der Waals surface area contributed by atoms with E-state index in [0.717, 1.165) is 11.6 Å². The van der Waals surface area contributed by atoms with Gasteiger partial charge in [0.1, 0.15) is 11.8 Å². The molecule has 0 radical (unpaired) electrons. The van der Waals surface area contributed by atoms with Crippen molar-refractivity contribution in [3.8, 4) is 6.07 Å². The smallest absolute Gasteiger partial charge is 0.142 e. The highest BCUT2D eigenvalue weighted by molar-refractivity contribution is 5.46. The van der Waals surface area contributed by atoms with E-state index in [4.69, 9.17) is 5.26 Å². The normalized spacial score (nSPS) is 24.8. The van der Waals surface area contributed by atoms with Crippen molar-refractivity contribution >= 4 is 5.69 Å². The largest absolute Gasteiger partial charge is 0.382 e. The Hall–Kier alpha value is -1.56. The van der Waals surface area contributed by atoms with Crippen molar-refractivity contribution in [2.24, 2.45) is 5.92 Å². The maximum Gasteiger partial charge on any atom is 0.142 e. The minimum Gasteiger partial charge on any atom is -0.382 e. The molecule has 1 fully saturated rings. The molecule has 0 aliphatic heterocycles. The van der Waals surface area contributed by atoms with E-state index in [0.29, 0.717) is 11.7 Å². The SMILES string of the molecule is CC1CCC(Nc2ccnc(C#N)c2)C1. The Morgan fingerprint density at radius 1 is 1.53 bits per heavy atom. The predicted octanol–water partition coefficient (Wildman–Crippen LogP) is 2.55. The first-order chi connectivity index (χ1) is 7.28. The van der Waals surface area contributed by atoms with Gasteiger partial charge >= 0.3 is 0 Å². The molecule has 0 spiro atoms. The summed E-state index contributed by atoms with van der Waals surface area (Å²) in [6.07, 6.45) is 5.43. The van der Waals surface area contributed by atoms with Gasteiger partial charge in [-0.25, -0.2) is 4.98 Å². The summed E-state index contributed by atoms with van der Waals surface area (Å²) in [5.41, 5.74) is 1.49. The van der Waals surface area contributed by atoms with Gasteiger partial charge in [-0.3, -0.25) is 0 Å². The summed E-state index contributed by atoms with van der Waals surface area (Å²) in [6.45, 7) is 2.29. The first-order valence-corrected chi connectivity index (χ1v) is 5.40. The number of pyridine rings is 1. The van der Waals surface area contributed by atoms with Crippen molar-refractivity contribution in [1.29, 1.82) is 5.26 Å². The predicted molar refractivity (Wildman–Crippen MR) is 59.4 cm³/mol. The average Bonchev–Trinajstić information content (AvgIpc) is 2.64. The Balaban J connectivity index is 2.02. The van der Waals surface area contributed by atoms with Gasteiger partial charge in [0.05, 0.1) is 0 Å². The first-order valence-electron chi connectivity index (χ1n) is 5.40. The second-order valence-corrected chi connectivity index (χ2v) is 4.30. The molecular formula is C12H15N3. The number of nitriles is 1. The number of nitrogens with one attached hydrogen (secondary N) is 1. The fourth-order valence-corrected chi connectivity index (χ4v) is 2.16. The van der Waals surface area contributed by atoms with Crippen LogP contribution in [0.4, 0.5) is 5.69 Å². The van der Waals surface area contributed by atoms with Crippen LogP contribution in [-0.4, -0.2) is 11.0 Å². The van der Waals surface area contributed by atoms with Crippen LogP contribution in [-0.2, 0) is 0 Å². The molecule has 0 aromatic carbocycles. The number of hydrogen-bond donors (Lipinski definition) is 1. The Kier molecular flexibility index (Phi) is 2.86. The molecule has 1 aromatic rings.